The predicted molar refractivity (Wildman–Crippen MR) is 86.1 cm³/mol. The monoisotopic (exact) mass is 310 g/mol. The topological polar surface area (TPSA) is 73.8 Å². The number of fused-ring (bicyclic) bond motifs is 2. The number of hydrogen-bond donors (Lipinski definition) is 0. The fourth-order valence-corrected chi connectivity index (χ4v) is 3.12. The van der Waals surface area contributed by atoms with Gasteiger partial charge in [0, 0.05) is 25.5 Å². The lowest BCUT2D eigenvalue weighted by Gasteiger charge is -2.31. The first-order chi connectivity index (χ1) is 10.9. The molecule has 1 aromatic carbocycles. The van der Waals surface area contributed by atoms with Gasteiger partial charge in [0.1, 0.15) is 5.82 Å². The number of benzene rings is 1. The van der Waals surface area contributed by atoms with Gasteiger partial charge in [-0.05, 0) is 30.0 Å². The van der Waals surface area contributed by atoms with E-state index in [2.05, 4.69) is 24.0 Å². The highest BCUT2D eigenvalue weighted by atomic mass is 16.4. The molecule has 0 aliphatic carbocycles. The van der Waals surface area contributed by atoms with Crippen LogP contribution in [-0.4, -0.2) is 19.7 Å². The Labute approximate surface area is 133 Å². The van der Waals surface area contributed by atoms with Crippen molar-refractivity contribution in [1.82, 2.24) is 19.7 Å². The number of aryl methyl sites for hydroxylation is 2. The van der Waals surface area contributed by atoms with Crippen molar-refractivity contribution in [2.45, 2.75) is 40.2 Å². The van der Waals surface area contributed by atoms with Gasteiger partial charge in [-0.3, -0.25) is 9.36 Å². The molecule has 2 aromatic heterocycles. The van der Waals surface area contributed by atoms with Crippen LogP contribution < -0.4 is 5.56 Å². The van der Waals surface area contributed by atoms with Gasteiger partial charge in [0.25, 0.3) is 5.56 Å². The van der Waals surface area contributed by atoms with Crippen molar-refractivity contribution in [3.63, 3.8) is 0 Å². The summed E-state index contributed by atoms with van der Waals surface area (Å²) in [5, 5.41) is 8.50. The third kappa shape index (κ3) is 2.34. The smallest absolute Gasteiger partial charge is 0.261 e. The third-order valence-electron chi connectivity index (χ3n) is 4.42. The van der Waals surface area contributed by atoms with Gasteiger partial charge in [-0.25, -0.2) is 4.98 Å². The van der Waals surface area contributed by atoms with Crippen LogP contribution in [0.1, 0.15) is 32.0 Å². The largest absolute Gasteiger partial charge is 0.421 e. The fraction of sp³-hybridized carbons (Fsp3) is 0.412. The summed E-state index contributed by atoms with van der Waals surface area (Å²) in [5.41, 5.74) is 1.64. The van der Waals surface area contributed by atoms with Crippen LogP contribution in [0.15, 0.2) is 27.4 Å². The maximum absolute atomic E-state index is 12.8. The number of hydrogen-bond acceptors (Lipinski definition) is 5. The highest BCUT2D eigenvalue weighted by molar-refractivity contribution is 5.82. The Kier molecular flexibility index (Phi) is 2.91. The molecule has 0 bridgehead atoms. The van der Waals surface area contributed by atoms with Gasteiger partial charge < -0.3 is 4.42 Å². The maximum Gasteiger partial charge on any atom is 0.261 e. The Morgan fingerprint density at radius 2 is 2.09 bits per heavy atom. The third-order valence-corrected chi connectivity index (χ3v) is 4.42. The van der Waals surface area contributed by atoms with Gasteiger partial charge in [0.05, 0.1) is 10.9 Å². The van der Waals surface area contributed by atoms with E-state index in [9.17, 15) is 4.79 Å². The van der Waals surface area contributed by atoms with Crippen LogP contribution in [0.3, 0.4) is 0 Å². The molecule has 0 saturated heterocycles. The van der Waals surface area contributed by atoms with E-state index in [1.54, 1.807) is 13.0 Å². The Morgan fingerprint density at radius 1 is 1.26 bits per heavy atom. The van der Waals surface area contributed by atoms with E-state index in [-0.39, 0.29) is 11.0 Å². The van der Waals surface area contributed by atoms with Crippen molar-refractivity contribution in [3.05, 3.63) is 40.3 Å². The molecule has 0 unspecified atom stereocenters. The summed E-state index contributed by atoms with van der Waals surface area (Å²) in [6.07, 6.45) is 1.86. The Bertz CT molecular complexity index is 968. The molecule has 118 valence electrons. The van der Waals surface area contributed by atoms with Crippen LogP contribution in [-0.2, 0) is 13.0 Å². The zero-order valence-electron chi connectivity index (χ0n) is 13.5. The van der Waals surface area contributed by atoms with Crippen LogP contribution in [0.4, 0.5) is 0 Å². The van der Waals surface area contributed by atoms with Gasteiger partial charge >= 0.3 is 0 Å². The Hall–Kier alpha value is -2.50. The molecule has 4 rings (SSSR count). The van der Waals surface area contributed by atoms with E-state index in [4.69, 9.17) is 9.40 Å². The number of rotatable bonds is 1. The van der Waals surface area contributed by atoms with E-state index < -0.39 is 0 Å². The maximum atomic E-state index is 12.8. The van der Waals surface area contributed by atoms with E-state index in [0.29, 0.717) is 29.2 Å². The summed E-state index contributed by atoms with van der Waals surface area (Å²) in [6.45, 7) is 6.84. The van der Waals surface area contributed by atoms with Crippen molar-refractivity contribution < 1.29 is 4.42 Å². The molecule has 23 heavy (non-hydrogen) atoms. The number of nitrogens with zero attached hydrogens (tertiary/aromatic N) is 4. The van der Waals surface area contributed by atoms with E-state index in [1.165, 1.54) is 0 Å². The molecule has 6 nitrogen and oxygen atoms in total. The second-order valence-corrected chi connectivity index (χ2v) is 6.94. The summed E-state index contributed by atoms with van der Waals surface area (Å²) in [4.78, 5) is 17.5. The predicted octanol–water partition coefficient (Wildman–Crippen LogP) is 2.73. The lowest BCUT2D eigenvalue weighted by Crippen LogP contribution is -2.36. The summed E-state index contributed by atoms with van der Waals surface area (Å²) in [7, 11) is 0. The molecule has 1 aliphatic heterocycles. The van der Waals surface area contributed by atoms with Crippen molar-refractivity contribution in [1.29, 1.82) is 0 Å². The molecular weight excluding hydrogens is 292 g/mol. The summed E-state index contributed by atoms with van der Waals surface area (Å²) < 4.78 is 7.28. The molecule has 0 N–H and O–H groups in total. The first kappa shape index (κ1) is 14.1. The fourth-order valence-electron chi connectivity index (χ4n) is 3.12. The second kappa shape index (κ2) is 4.75. The molecule has 6 heteroatoms. The first-order valence-corrected chi connectivity index (χ1v) is 7.77. The van der Waals surface area contributed by atoms with Gasteiger partial charge in [-0.15, -0.1) is 10.2 Å². The lowest BCUT2D eigenvalue weighted by atomic mass is 9.85. The van der Waals surface area contributed by atoms with Crippen LogP contribution in [0.2, 0.25) is 0 Å². The van der Waals surface area contributed by atoms with Crippen LogP contribution in [0.5, 0.6) is 0 Å². The average Bonchev–Trinajstić information content (AvgIpc) is 2.94. The van der Waals surface area contributed by atoms with Crippen molar-refractivity contribution in [3.8, 4) is 11.5 Å². The molecule has 1 aliphatic rings. The lowest BCUT2D eigenvalue weighted by molar-refractivity contribution is 0.240. The molecule has 0 amide bonds. The van der Waals surface area contributed by atoms with E-state index >= 15 is 0 Å². The molecule has 3 heterocycles. The zero-order valence-corrected chi connectivity index (χ0v) is 13.5. The van der Waals surface area contributed by atoms with Crippen LogP contribution >= 0.6 is 0 Å². The van der Waals surface area contributed by atoms with Gasteiger partial charge in [-0.2, -0.15) is 0 Å². The minimum atomic E-state index is 0.0334. The Balaban J connectivity index is 1.89. The molecule has 0 radical (unpaired) electrons. The van der Waals surface area contributed by atoms with Crippen LogP contribution in [0, 0.1) is 12.3 Å². The first-order valence-electron chi connectivity index (χ1n) is 7.77. The Morgan fingerprint density at radius 3 is 2.83 bits per heavy atom. The summed E-state index contributed by atoms with van der Waals surface area (Å²) in [6, 6.07) is 5.48. The van der Waals surface area contributed by atoms with Crippen LogP contribution in [0.25, 0.3) is 22.4 Å². The molecular formula is C17H18N4O2. The normalized spacial score (nSPS) is 16.5. The summed E-state index contributed by atoms with van der Waals surface area (Å²) >= 11 is 0. The van der Waals surface area contributed by atoms with Crippen molar-refractivity contribution in [2.75, 3.05) is 0 Å². The zero-order chi connectivity index (χ0) is 16.2. The van der Waals surface area contributed by atoms with E-state index in [0.717, 1.165) is 24.2 Å². The highest BCUT2D eigenvalue weighted by Gasteiger charge is 2.27. The average molecular weight is 310 g/mol. The molecule has 0 atom stereocenters. The highest BCUT2D eigenvalue weighted by Crippen LogP contribution is 2.30. The van der Waals surface area contributed by atoms with Gasteiger partial charge in [0.2, 0.25) is 11.8 Å². The second-order valence-electron chi connectivity index (χ2n) is 6.94. The number of aromatic nitrogens is 4. The molecule has 0 spiro atoms. The van der Waals surface area contributed by atoms with Crippen molar-refractivity contribution in [2.24, 2.45) is 5.41 Å². The van der Waals surface area contributed by atoms with E-state index in [1.807, 2.05) is 16.7 Å². The standard InChI is InChI=1S/C17H18N4O2/c1-10-19-20-15(23-10)11-4-5-12-13(8-11)18-14-6-7-17(2,3)9-21(14)16(12)22/h4-5,8H,6-7,9H2,1-3H3. The van der Waals surface area contributed by atoms with Crippen molar-refractivity contribution >= 4 is 10.9 Å². The molecule has 0 saturated carbocycles. The van der Waals surface area contributed by atoms with Gasteiger partial charge in [0.15, 0.2) is 0 Å². The minimum Gasteiger partial charge on any atom is -0.421 e. The quantitative estimate of drug-likeness (QED) is 0.691. The molecule has 0 fully saturated rings. The molecule has 3 aromatic rings. The minimum absolute atomic E-state index is 0.0334. The van der Waals surface area contributed by atoms with Gasteiger partial charge in [-0.1, -0.05) is 13.8 Å². The summed E-state index contributed by atoms with van der Waals surface area (Å²) in [5.74, 6) is 1.83. The SMILES string of the molecule is Cc1nnc(-c2ccc3c(=O)n4c(nc3c2)CCC(C)(C)C4)o1.